The Morgan fingerprint density at radius 3 is 2.65 bits per heavy atom. The van der Waals surface area contributed by atoms with Crippen LogP contribution in [0, 0.1) is 6.92 Å². The summed E-state index contributed by atoms with van der Waals surface area (Å²) in [5.41, 5.74) is 1.17. The number of anilines is 3. The highest BCUT2D eigenvalue weighted by atomic mass is 32.1. The number of benzene rings is 1. The molecule has 118 valence electrons. The van der Waals surface area contributed by atoms with Crippen LogP contribution in [0.3, 0.4) is 0 Å². The van der Waals surface area contributed by atoms with Gasteiger partial charge in [0.05, 0.1) is 4.88 Å². The van der Waals surface area contributed by atoms with E-state index in [4.69, 9.17) is 0 Å². The van der Waals surface area contributed by atoms with Crippen LogP contribution in [-0.2, 0) is 0 Å². The minimum absolute atomic E-state index is 0.730. The first-order valence-corrected chi connectivity index (χ1v) is 8.44. The van der Waals surface area contributed by atoms with Gasteiger partial charge >= 0.3 is 0 Å². The van der Waals surface area contributed by atoms with Crippen molar-refractivity contribution in [3.05, 3.63) is 48.4 Å². The van der Waals surface area contributed by atoms with Gasteiger partial charge in [-0.15, -0.1) is 0 Å². The summed E-state index contributed by atoms with van der Waals surface area (Å²) in [6, 6.07) is 12.1. The van der Waals surface area contributed by atoms with Crippen LogP contribution in [0.15, 0.2) is 42.6 Å². The van der Waals surface area contributed by atoms with E-state index in [0.29, 0.717) is 0 Å². The molecule has 5 nitrogen and oxygen atoms in total. The highest BCUT2D eigenvalue weighted by Gasteiger charge is 2.07. The molecule has 0 amide bonds. The van der Waals surface area contributed by atoms with Gasteiger partial charge in [-0.1, -0.05) is 48.6 Å². The quantitative estimate of drug-likeness (QED) is 0.700. The Morgan fingerprint density at radius 2 is 1.87 bits per heavy atom. The molecule has 0 radical (unpaired) electrons. The van der Waals surface area contributed by atoms with Crippen molar-refractivity contribution >= 4 is 28.1 Å². The van der Waals surface area contributed by atoms with Gasteiger partial charge in [-0.05, 0) is 18.9 Å². The number of aromatic nitrogens is 3. The normalized spacial score (nSPS) is 10.5. The number of nitrogens with one attached hydrogen (secondary N) is 2. The second-order valence-electron chi connectivity index (χ2n) is 5.13. The summed E-state index contributed by atoms with van der Waals surface area (Å²) in [7, 11) is 0. The van der Waals surface area contributed by atoms with Gasteiger partial charge in [-0.2, -0.15) is 0 Å². The number of rotatable bonds is 6. The van der Waals surface area contributed by atoms with E-state index in [9.17, 15) is 0 Å². The SMILES string of the molecule is CCCNc1cc(Nc2ncc(-c3ccccc3)s2)nc(C)n1. The van der Waals surface area contributed by atoms with Crippen LogP contribution in [0.25, 0.3) is 10.4 Å². The fourth-order valence-electron chi connectivity index (χ4n) is 2.15. The third-order valence-electron chi connectivity index (χ3n) is 3.19. The smallest absolute Gasteiger partial charge is 0.188 e. The Bertz CT molecular complexity index is 770. The van der Waals surface area contributed by atoms with E-state index >= 15 is 0 Å². The summed E-state index contributed by atoms with van der Waals surface area (Å²) in [5, 5.41) is 7.37. The van der Waals surface area contributed by atoms with Crippen molar-refractivity contribution in [1.29, 1.82) is 0 Å². The zero-order valence-corrected chi connectivity index (χ0v) is 14.0. The summed E-state index contributed by atoms with van der Waals surface area (Å²) in [6.45, 7) is 4.91. The average Bonchev–Trinajstić information content (AvgIpc) is 3.02. The second-order valence-corrected chi connectivity index (χ2v) is 6.16. The van der Waals surface area contributed by atoms with E-state index in [-0.39, 0.29) is 0 Å². The number of aryl methyl sites for hydroxylation is 1. The molecule has 23 heavy (non-hydrogen) atoms. The molecular formula is C17H19N5S. The zero-order chi connectivity index (χ0) is 16.1. The predicted molar refractivity (Wildman–Crippen MR) is 96.4 cm³/mol. The first-order valence-electron chi connectivity index (χ1n) is 7.62. The van der Waals surface area contributed by atoms with Gasteiger partial charge in [0, 0.05) is 18.8 Å². The van der Waals surface area contributed by atoms with E-state index in [0.717, 1.165) is 40.4 Å². The minimum atomic E-state index is 0.730. The molecule has 0 fully saturated rings. The third-order valence-corrected chi connectivity index (χ3v) is 4.15. The molecule has 0 aliphatic rings. The lowest BCUT2D eigenvalue weighted by molar-refractivity contribution is 0.955. The Morgan fingerprint density at radius 1 is 1.09 bits per heavy atom. The zero-order valence-electron chi connectivity index (χ0n) is 13.2. The summed E-state index contributed by atoms with van der Waals surface area (Å²) in [5.74, 6) is 2.32. The van der Waals surface area contributed by atoms with Gasteiger partial charge in [0.25, 0.3) is 0 Å². The van der Waals surface area contributed by atoms with E-state index in [1.165, 1.54) is 5.56 Å². The van der Waals surface area contributed by atoms with Crippen molar-refractivity contribution in [2.75, 3.05) is 17.2 Å². The maximum absolute atomic E-state index is 4.44. The van der Waals surface area contributed by atoms with E-state index in [1.54, 1.807) is 11.3 Å². The maximum atomic E-state index is 4.44. The van der Waals surface area contributed by atoms with Crippen LogP contribution < -0.4 is 10.6 Å². The molecule has 2 heterocycles. The Labute approximate surface area is 139 Å². The first kappa shape index (κ1) is 15.4. The van der Waals surface area contributed by atoms with Crippen molar-refractivity contribution < 1.29 is 0 Å². The molecule has 0 aliphatic heterocycles. The monoisotopic (exact) mass is 325 g/mol. The van der Waals surface area contributed by atoms with Gasteiger partial charge in [0.2, 0.25) is 0 Å². The van der Waals surface area contributed by atoms with Crippen molar-refractivity contribution in [2.24, 2.45) is 0 Å². The number of thiazole rings is 1. The summed E-state index contributed by atoms with van der Waals surface area (Å²) in [4.78, 5) is 14.4. The van der Waals surface area contributed by atoms with Gasteiger partial charge in [0.15, 0.2) is 5.13 Å². The molecule has 2 N–H and O–H groups in total. The molecule has 0 aliphatic carbocycles. The number of hydrogen-bond acceptors (Lipinski definition) is 6. The molecule has 0 saturated heterocycles. The highest BCUT2D eigenvalue weighted by molar-refractivity contribution is 7.18. The molecule has 1 aromatic carbocycles. The maximum Gasteiger partial charge on any atom is 0.188 e. The Kier molecular flexibility index (Phi) is 4.83. The van der Waals surface area contributed by atoms with Crippen LogP contribution in [0.1, 0.15) is 19.2 Å². The Balaban J connectivity index is 1.77. The lowest BCUT2D eigenvalue weighted by Gasteiger charge is -2.08. The second kappa shape index (κ2) is 7.19. The lowest BCUT2D eigenvalue weighted by Crippen LogP contribution is -2.05. The Hall–Kier alpha value is -2.47. The largest absolute Gasteiger partial charge is 0.370 e. The molecule has 0 saturated carbocycles. The number of hydrogen-bond donors (Lipinski definition) is 2. The predicted octanol–water partition coefficient (Wildman–Crippen LogP) is 4.47. The van der Waals surface area contributed by atoms with Crippen LogP contribution >= 0.6 is 11.3 Å². The highest BCUT2D eigenvalue weighted by Crippen LogP contribution is 2.30. The fourth-order valence-corrected chi connectivity index (χ4v) is 2.98. The van der Waals surface area contributed by atoms with E-state index in [2.05, 4.69) is 44.6 Å². The molecule has 3 aromatic rings. The summed E-state index contributed by atoms with van der Waals surface area (Å²) < 4.78 is 0. The molecule has 0 bridgehead atoms. The first-order chi connectivity index (χ1) is 11.2. The minimum Gasteiger partial charge on any atom is -0.370 e. The van der Waals surface area contributed by atoms with Crippen LogP contribution in [0.5, 0.6) is 0 Å². The topological polar surface area (TPSA) is 62.7 Å². The van der Waals surface area contributed by atoms with Gasteiger partial charge in [0.1, 0.15) is 17.5 Å². The van der Waals surface area contributed by atoms with Gasteiger partial charge in [-0.3, -0.25) is 0 Å². The molecule has 0 unspecified atom stereocenters. The van der Waals surface area contributed by atoms with Crippen LogP contribution in [0.2, 0.25) is 0 Å². The van der Waals surface area contributed by atoms with Crippen molar-refractivity contribution in [2.45, 2.75) is 20.3 Å². The van der Waals surface area contributed by atoms with Crippen molar-refractivity contribution in [3.8, 4) is 10.4 Å². The van der Waals surface area contributed by atoms with Gasteiger partial charge in [-0.25, -0.2) is 15.0 Å². The van der Waals surface area contributed by atoms with Crippen LogP contribution in [-0.4, -0.2) is 21.5 Å². The standard InChI is InChI=1S/C17H19N5S/c1-3-9-18-15-10-16(21-12(2)20-15)22-17-19-11-14(23-17)13-7-5-4-6-8-13/h4-8,10-11H,3,9H2,1-2H3,(H2,18,19,20,21,22). The summed E-state index contributed by atoms with van der Waals surface area (Å²) in [6.07, 6.45) is 2.94. The molecular weight excluding hydrogens is 306 g/mol. The molecule has 6 heteroatoms. The summed E-state index contributed by atoms with van der Waals surface area (Å²) >= 11 is 1.61. The molecule has 0 atom stereocenters. The number of nitrogens with zero attached hydrogens (tertiary/aromatic N) is 3. The average molecular weight is 325 g/mol. The van der Waals surface area contributed by atoms with E-state index in [1.807, 2.05) is 37.4 Å². The van der Waals surface area contributed by atoms with Gasteiger partial charge < -0.3 is 10.6 Å². The van der Waals surface area contributed by atoms with Crippen molar-refractivity contribution in [3.63, 3.8) is 0 Å². The molecule has 2 aromatic heterocycles. The third kappa shape index (κ3) is 4.04. The van der Waals surface area contributed by atoms with E-state index < -0.39 is 0 Å². The molecule has 0 spiro atoms. The van der Waals surface area contributed by atoms with Crippen LogP contribution in [0.4, 0.5) is 16.8 Å². The lowest BCUT2D eigenvalue weighted by atomic mass is 10.2. The fraction of sp³-hybridized carbons (Fsp3) is 0.235. The molecule has 3 rings (SSSR count). The van der Waals surface area contributed by atoms with Crippen molar-refractivity contribution in [1.82, 2.24) is 15.0 Å².